The second-order valence-electron chi connectivity index (χ2n) is 10.3. The monoisotopic (exact) mass is 519 g/mol. The second-order valence-corrected chi connectivity index (χ2v) is 11.2. The minimum atomic E-state index is -0.258. The van der Waals surface area contributed by atoms with Gasteiger partial charge in [0.1, 0.15) is 18.2 Å². The molecule has 3 aromatic heterocycles. The molecule has 1 aliphatic carbocycles. The van der Waals surface area contributed by atoms with E-state index in [2.05, 4.69) is 76.5 Å². The Kier molecular flexibility index (Phi) is 5.51. The van der Waals surface area contributed by atoms with Gasteiger partial charge in [0.2, 0.25) is 0 Å². The molecule has 6 aromatic rings. The number of ether oxygens (including phenoxy) is 1. The van der Waals surface area contributed by atoms with Crippen molar-refractivity contribution in [3.8, 4) is 17.0 Å². The third-order valence-electron chi connectivity index (χ3n) is 7.69. The van der Waals surface area contributed by atoms with Gasteiger partial charge >= 0.3 is 0 Å². The summed E-state index contributed by atoms with van der Waals surface area (Å²) in [5, 5.41) is 2.84. The summed E-state index contributed by atoms with van der Waals surface area (Å²) in [6.07, 6.45) is 6.34. The number of halogens is 1. The highest BCUT2D eigenvalue weighted by atomic mass is 32.1. The topological polar surface area (TPSA) is 39.4 Å². The van der Waals surface area contributed by atoms with Crippen LogP contribution in [-0.2, 0) is 12.0 Å². The molecular weight excluding hydrogens is 493 g/mol. The quantitative estimate of drug-likeness (QED) is 0.224. The minimum absolute atomic E-state index is 0.0856. The van der Waals surface area contributed by atoms with Crippen LogP contribution in [-0.4, -0.2) is 14.4 Å². The lowest BCUT2D eigenvalue weighted by atomic mass is 9.55. The number of benzene rings is 3. The van der Waals surface area contributed by atoms with Crippen LogP contribution in [0.4, 0.5) is 4.39 Å². The number of rotatable bonds is 6. The Morgan fingerprint density at radius 1 is 1.00 bits per heavy atom. The van der Waals surface area contributed by atoms with Gasteiger partial charge < -0.3 is 4.74 Å². The molecule has 1 saturated carbocycles. The van der Waals surface area contributed by atoms with Crippen LogP contribution < -0.4 is 4.74 Å². The highest BCUT2D eigenvalue weighted by Gasteiger charge is 2.46. The number of thiazole rings is 1. The molecule has 0 bridgehead atoms. The summed E-state index contributed by atoms with van der Waals surface area (Å²) < 4.78 is 22.0. The van der Waals surface area contributed by atoms with Gasteiger partial charge in [-0.15, -0.1) is 11.3 Å². The van der Waals surface area contributed by atoms with Gasteiger partial charge in [0.05, 0.1) is 16.9 Å². The van der Waals surface area contributed by atoms with Crippen molar-refractivity contribution in [1.29, 1.82) is 0 Å². The van der Waals surface area contributed by atoms with Crippen LogP contribution in [0.1, 0.15) is 36.6 Å². The van der Waals surface area contributed by atoms with Crippen LogP contribution in [0.5, 0.6) is 5.75 Å². The lowest BCUT2D eigenvalue weighted by molar-refractivity contribution is 0.200. The summed E-state index contributed by atoms with van der Waals surface area (Å²) in [4.78, 5) is 10.6. The van der Waals surface area contributed by atoms with E-state index in [-0.39, 0.29) is 11.2 Å². The van der Waals surface area contributed by atoms with Crippen molar-refractivity contribution in [2.75, 3.05) is 0 Å². The van der Waals surface area contributed by atoms with Crippen LogP contribution in [0.2, 0.25) is 0 Å². The van der Waals surface area contributed by atoms with Crippen molar-refractivity contribution in [2.24, 2.45) is 5.92 Å². The zero-order chi connectivity index (χ0) is 25.7. The Hall–Kier alpha value is -4.03. The van der Waals surface area contributed by atoms with Crippen LogP contribution in [0, 0.1) is 11.7 Å². The maximum Gasteiger partial charge on any atom is 0.194 e. The number of aromatic nitrogens is 3. The van der Waals surface area contributed by atoms with E-state index in [1.54, 1.807) is 17.4 Å². The Morgan fingerprint density at radius 3 is 2.68 bits per heavy atom. The van der Waals surface area contributed by atoms with Crippen molar-refractivity contribution >= 4 is 27.2 Å². The van der Waals surface area contributed by atoms with Crippen LogP contribution in [0.15, 0.2) is 96.6 Å². The smallest absolute Gasteiger partial charge is 0.194 e. The van der Waals surface area contributed by atoms with E-state index in [0.29, 0.717) is 12.5 Å². The predicted octanol–water partition coefficient (Wildman–Crippen LogP) is 8.05. The van der Waals surface area contributed by atoms with Crippen LogP contribution in [0.25, 0.3) is 27.1 Å². The lowest BCUT2D eigenvalue weighted by Crippen LogP contribution is -2.41. The van der Waals surface area contributed by atoms with E-state index >= 15 is 0 Å². The molecule has 0 N–H and O–H groups in total. The maximum absolute atomic E-state index is 13.6. The molecule has 0 amide bonds. The van der Waals surface area contributed by atoms with Gasteiger partial charge in [0.25, 0.3) is 0 Å². The van der Waals surface area contributed by atoms with E-state index in [1.165, 1.54) is 23.3 Å². The van der Waals surface area contributed by atoms with Crippen molar-refractivity contribution in [1.82, 2.24) is 14.4 Å². The molecule has 1 aliphatic rings. The molecule has 1 fully saturated rings. The molecule has 3 aromatic carbocycles. The zero-order valence-electron chi connectivity index (χ0n) is 21.0. The van der Waals surface area contributed by atoms with E-state index < -0.39 is 0 Å². The molecule has 38 heavy (non-hydrogen) atoms. The molecule has 0 unspecified atom stereocenters. The largest absolute Gasteiger partial charge is 0.487 e. The molecule has 0 radical (unpaired) electrons. The van der Waals surface area contributed by atoms with Crippen molar-refractivity contribution < 1.29 is 9.13 Å². The normalized spacial score (nSPS) is 19.1. The summed E-state index contributed by atoms with van der Waals surface area (Å²) in [6.45, 7) is 2.66. The average Bonchev–Trinajstić information content (AvgIpc) is 3.53. The van der Waals surface area contributed by atoms with E-state index in [9.17, 15) is 4.39 Å². The Morgan fingerprint density at radius 2 is 1.87 bits per heavy atom. The summed E-state index contributed by atoms with van der Waals surface area (Å²) in [5.74, 6) is 1.19. The van der Waals surface area contributed by atoms with Gasteiger partial charge in [0.15, 0.2) is 4.96 Å². The van der Waals surface area contributed by atoms with E-state index in [1.807, 2.05) is 18.2 Å². The maximum atomic E-state index is 13.6. The zero-order valence-corrected chi connectivity index (χ0v) is 21.8. The van der Waals surface area contributed by atoms with Gasteiger partial charge in [-0.1, -0.05) is 43.3 Å². The summed E-state index contributed by atoms with van der Waals surface area (Å²) in [7, 11) is 0. The standard InChI is InChI=1S/C32H26FN3OS/c1-21-17-32(18-21,23-5-3-2-4-6-23)28-16-26(10-11-27(28)30-19-36-13-14-38-31(36)35-30)37-20-25-9-7-22-15-24(33)8-12-29(22)34-25/h2-16,19,21H,17-18,20H2,1H3. The lowest BCUT2D eigenvalue weighted by Gasteiger charge is -2.48. The fourth-order valence-electron chi connectivity index (χ4n) is 5.96. The molecule has 0 spiro atoms. The molecule has 0 atom stereocenters. The molecule has 0 saturated heterocycles. The first-order valence-corrected chi connectivity index (χ1v) is 13.8. The first kappa shape index (κ1) is 23.1. The first-order chi connectivity index (χ1) is 18.6. The molecule has 0 aliphatic heterocycles. The highest BCUT2D eigenvalue weighted by Crippen LogP contribution is 2.55. The van der Waals surface area contributed by atoms with Gasteiger partial charge in [-0.25, -0.2) is 14.4 Å². The molecular formula is C32H26FN3OS. The number of pyridine rings is 1. The van der Waals surface area contributed by atoms with Gasteiger partial charge in [-0.3, -0.25) is 4.40 Å². The van der Waals surface area contributed by atoms with Gasteiger partial charge in [-0.2, -0.15) is 0 Å². The third-order valence-corrected chi connectivity index (χ3v) is 8.46. The van der Waals surface area contributed by atoms with E-state index in [4.69, 9.17) is 9.72 Å². The fourth-order valence-corrected chi connectivity index (χ4v) is 6.66. The van der Waals surface area contributed by atoms with Crippen molar-refractivity contribution in [3.05, 3.63) is 119 Å². The molecule has 188 valence electrons. The Balaban J connectivity index is 1.28. The fraction of sp³-hybridized carbons (Fsp3) is 0.188. The Labute approximate surface area is 224 Å². The van der Waals surface area contributed by atoms with E-state index in [0.717, 1.165) is 51.4 Å². The first-order valence-electron chi connectivity index (χ1n) is 12.9. The number of imidazole rings is 1. The average molecular weight is 520 g/mol. The number of fused-ring (bicyclic) bond motifs is 2. The summed E-state index contributed by atoms with van der Waals surface area (Å²) in [5.41, 5.74) is 6.20. The predicted molar refractivity (Wildman–Crippen MR) is 150 cm³/mol. The van der Waals surface area contributed by atoms with Gasteiger partial charge in [0, 0.05) is 34.1 Å². The van der Waals surface area contributed by atoms with Crippen LogP contribution in [0.3, 0.4) is 0 Å². The summed E-state index contributed by atoms with van der Waals surface area (Å²) in [6, 6.07) is 25.7. The number of hydrogen-bond acceptors (Lipinski definition) is 4. The minimum Gasteiger partial charge on any atom is -0.487 e. The Bertz CT molecular complexity index is 1740. The van der Waals surface area contributed by atoms with Crippen molar-refractivity contribution in [3.63, 3.8) is 0 Å². The van der Waals surface area contributed by atoms with Gasteiger partial charge in [-0.05, 0) is 72.4 Å². The van der Waals surface area contributed by atoms with Crippen LogP contribution >= 0.6 is 11.3 Å². The SMILES string of the molecule is CC1CC(c2ccccc2)(c2cc(OCc3ccc4cc(F)ccc4n3)ccc2-c2cn3ccsc3n2)C1. The van der Waals surface area contributed by atoms with Crippen molar-refractivity contribution in [2.45, 2.75) is 31.8 Å². The highest BCUT2D eigenvalue weighted by molar-refractivity contribution is 7.15. The molecule has 6 heteroatoms. The second kappa shape index (κ2) is 9.07. The number of hydrogen-bond donors (Lipinski definition) is 0. The number of nitrogens with zero attached hydrogens (tertiary/aromatic N) is 3. The third kappa shape index (κ3) is 3.96. The molecule has 3 heterocycles. The molecule has 7 rings (SSSR count). The molecule has 4 nitrogen and oxygen atoms in total. The summed E-state index contributed by atoms with van der Waals surface area (Å²) >= 11 is 1.64.